The van der Waals surface area contributed by atoms with Crippen molar-refractivity contribution >= 4 is 28.9 Å². The SMILES string of the molecule is COc1cccc(-n2c(C)cc([C@@H]3[C@H](c4ccccn4)NC(=S)N3CCC(=O)Nc3ccc(C)cc3)c2C)c1. The van der Waals surface area contributed by atoms with E-state index in [0.29, 0.717) is 18.1 Å². The Bertz CT molecular complexity index is 1480. The Hall–Kier alpha value is -4.17. The predicted octanol–water partition coefficient (Wildman–Crippen LogP) is 5.81. The Morgan fingerprint density at radius 3 is 2.56 bits per heavy atom. The second-order valence-corrected chi connectivity index (χ2v) is 10.2. The largest absolute Gasteiger partial charge is 0.497 e. The van der Waals surface area contributed by atoms with E-state index in [1.165, 1.54) is 0 Å². The lowest BCUT2D eigenvalue weighted by Crippen LogP contribution is -2.32. The molecule has 1 aliphatic rings. The third-order valence-electron chi connectivity index (χ3n) is 7.21. The molecule has 0 aliphatic carbocycles. The first kappa shape index (κ1) is 26.4. The van der Waals surface area contributed by atoms with E-state index >= 15 is 0 Å². The summed E-state index contributed by atoms with van der Waals surface area (Å²) in [5.74, 6) is 0.751. The first-order valence-electron chi connectivity index (χ1n) is 13.0. The lowest BCUT2D eigenvalue weighted by molar-refractivity contribution is -0.116. The zero-order valence-corrected chi connectivity index (χ0v) is 23.5. The molecule has 0 spiro atoms. The van der Waals surface area contributed by atoms with Crippen LogP contribution in [-0.4, -0.2) is 39.1 Å². The molecule has 2 atom stereocenters. The maximum atomic E-state index is 12.9. The van der Waals surface area contributed by atoms with E-state index in [1.54, 1.807) is 13.3 Å². The second kappa shape index (κ2) is 11.3. The van der Waals surface area contributed by atoms with Crippen molar-refractivity contribution < 1.29 is 9.53 Å². The Morgan fingerprint density at radius 1 is 1.05 bits per heavy atom. The number of rotatable bonds is 8. The fourth-order valence-electron chi connectivity index (χ4n) is 5.30. The molecule has 4 aromatic rings. The van der Waals surface area contributed by atoms with E-state index in [9.17, 15) is 4.79 Å². The number of carbonyl (C=O) groups excluding carboxylic acids is 1. The smallest absolute Gasteiger partial charge is 0.226 e. The van der Waals surface area contributed by atoms with Gasteiger partial charge in [-0.3, -0.25) is 9.78 Å². The molecule has 1 fully saturated rings. The average Bonchev–Trinajstić information content (AvgIpc) is 3.43. The van der Waals surface area contributed by atoms with E-state index in [4.69, 9.17) is 17.0 Å². The summed E-state index contributed by atoms with van der Waals surface area (Å²) >= 11 is 5.83. The standard InChI is InChI=1S/C31H33N5O2S/c1-20-11-13-23(14-12-20)33-28(37)15-17-35-30(29(34-31(35)39)27-10-5-6-16-32-27)26-18-21(2)36(22(26)3)24-8-7-9-25(19-24)38-4/h5-14,16,18-19,29-30H,15,17H2,1-4H3,(H,33,37)(H,34,39)/t29-,30+/m0/s1. The number of hydrogen-bond donors (Lipinski definition) is 2. The number of pyridine rings is 1. The molecule has 2 N–H and O–H groups in total. The third-order valence-corrected chi connectivity index (χ3v) is 7.57. The van der Waals surface area contributed by atoms with Crippen molar-refractivity contribution in [1.82, 2.24) is 19.8 Å². The van der Waals surface area contributed by atoms with Gasteiger partial charge in [0, 0.05) is 48.0 Å². The van der Waals surface area contributed by atoms with Crippen LogP contribution >= 0.6 is 12.2 Å². The normalized spacial score (nSPS) is 16.7. The maximum absolute atomic E-state index is 12.9. The number of thiocarbonyl (C=S) groups is 1. The summed E-state index contributed by atoms with van der Waals surface area (Å²) in [5.41, 5.74) is 7.22. The summed E-state index contributed by atoms with van der Waals surface area (Å²) in [6, 6.07) is 23.7. The van der Waals surface area contributed by atoms with E-state index in [2.05, 4.69) is 51.1 Å². The van der Waals surface area contributed by atoms with Crippen LogP contribution in [0.25, 0.3) is 5.69 Å². The molecular formula is C31H33N5O2S. The van der Waals surface area contributed by atoms with E-state index in [0.717, 1.165) is 45.3 Å². The summed E-state index contributed by atoms with van der Waals surface area (Å²) in [6.45, 7) is 6.73. The molecular weight excluding hydrogens is 506 g/mol. The molecule has 2 aromatic carbocycles. The molecule has 0 unspecified atom stereocenters. The monoisotopic (exact) mass is 539 g/mol. The van der Waals surface area contributed by atoms with Gasteiger partial charge >= 0.3 is 0 Å². The lowest BCUT2D eigenvalue weighted by Gasteiger charge is -2.28. The highest BCUT2D eigenvalue weighted by Gasteiger charge is 2.41. The van der Waals surface area contributed by atoms with Crippen molar-refractivity contribution in [2.45, 2.75) is 39.3 Å². The highest BCUT2D eigenvalue weighted by Crippen LogP contribution is 2.41. The molecule has 39 heavy (non-hydrogen) atoms. The summed E-state index contributed by atoms with van der Waals surface area (Å²) < 4.78 is 7.71. The molecule has 0 radical (unpaired) electrons. The molecule has 1 amide bonds. The van der Waals surface area contributed by atoms with Crippen molar-refractivity contribution in [3.05, 3.63) is 107 Å². The van der Waals surface area contributed by atoms with Gasteiger partial charge in [0.2, 0.25) is 5.91 Å². The number of nitrogens with zero attached hydrogens (tertiary/aromatic N) is 3. The first-order chi connectivity index (χ1) is 18.9. The van der Waals surface area contributed by atoms with Crippen molar-refractivity contribution in [3.8, 4) is 11.4 Å². The zero-order valence-electron chi connectivity index (χ0n) is 22.6. The highest BCUT2D eigenvalue weighted by molar-refractivity contribution is 7.80. The van der Waals surface area contributed by atoms with Gasteiger partial charge in [-0.05, 0) is 81.0 Å². The number of aromatic nitrogens is 2. The molecule has 0 bridgehead atoms. The summed E-state index contributed by atoms with van der Waals surface area (Å²) in [7, 11) is 1.68. The van der Waals surface area contributed by atoms with Crippen LogP contribution in [0.5, 0.6) is 5.75 Å². The summed E-state index contributed by atoms with van der Waals surface area (Å²) in [5, 5.41) is 7.12. The van der Waals surface area contributed by atoms with Crippen LogP contribution in [0.2, 0.25) is 0 Å². The van der Waals surface area contributed by atoms with E-state index < -0.39 is 0 Å². The van der Waals surface area contributed by atoms with Crippen molar-refractivity contribution in [1.29, 1.82) is 0 Å². The van der Waals surface area contributed by atoms with Gasteiger partial charge in [0.05, 0.1) is 24.9 Å². The average molecular weight is 540 g/mol. The van der Waals surface area contributed by atoms with Gasteiger partial charge in [-0.1, -0.05) is 29.8 Å². The highest BCUT2D eigenvalue weighted by atomic mass is 32.1. The van der Waals surface area contributed by atoms with Gasteiger partial charge in [-0.2, -0.15) is 0 Å². The molecule has 200 valence electrons. The minimum atomic E-state index is -0.155. The lowest BCUT2D eigenvalue weighted by atomic mass is 9.96. The molecule has 5 rings (SSSR count). The van der Waals surface area contributed by atoms with Gasteiger partial charge in [0.1, 0.15) is 5.75 Å². The number of aryl methyl sites for hydroxylation is 2. The van der Waals surface area contributed by atoms with Crippen LogP contribution < -0.4 is 15.4 Å². The number of benzene rings is 2. The van der Waals surface area contributed by atoms with Gasteiger partial charge in [-0.15, -0.1) is 0 Å². The number of ether oxygens (including phenoxy) is 1. The zero-order chi connectivity index (χ0) is 27.5. The maximum Gasteiger partial charge on any atom is 0.226 e. The Kier molecular flexibility index (Phi) is 7.65. The quantitative estimate of drug-likeness (QED) is 0.276. The summed E-state index contributed by atoms with van der Waals surface area (Å²) in [4.78, 5) is 19.7. The van der Waals surface area contributed by atoms with Crippen LogP contribution in [0.15, 0.2) is 79.0 Å². The fraction of sp³-hybridized carbons (Fsp3) is 0.258. The molecule has 1 aliphatic heterocycles. The number of hydrogen-bond acceptors (Lipinski definition) is 4. The number of methoxy groups -OCH3 is 1. The fourth-order valence-corrected chi connectivity index (χ4v) is 5.63. The van der Waals surface area contributed by atoms with Gasteiger partial charge in [0.25, 0.3) is 0 Å². The topological polar surface area (TPSA) is 71.4 Å². The molecule has 3 heterocycles. The summed E-state index contributed by atoms with van der Waals surface area (Å²) in [6.07, 6.45) is 2.10. The Labute approximate surface area is 234 Å². The van der Waals surface area contributed by atoms with Gasteiger partial charge < -0.3 is 24.8 Å². The van der Waals surface area contributed by atoms with Crippen LogP contribution in [0.1, 0.15) is 46.7 Å². The number of nitrogens with one attached hydrogen (secondary N) is 2. The van der Waals surface area contributed by atoms with Gasteiger partial charge in [-0.25, -0.2) is 0 Å². The van der Waals surface area contributed by atoms with Crippen LogP contribution in [0, 0.1) is 20.8 Å². The van der Waals surface area contributed by atoms with Crippen LogP contribution in [-0.2, 0) is 4.79 Å². The minimum absolute atomic E-state index is 0.0523. The Balaban J connectivity index is 1.47. The molecule has 8 heteroatoms. The first-order valence-corrected chi connectivity index (χ1v) is 13.4. The van der Waals surface area contributed by atoms with E-state index in [1.807, 2.05) is 67.6 Å². The second-order valence-electron chi connectivity index (χ2n) is 9.85. The van der Waals surface area contributed by atoms with Crippen molar-refractivity contribution in [3.63, 3.8) is 0 Å². The number of carbonyl (C=O) groups is 1. The molecule has 1 saturated heterocycles. The molecule has 0 saturated carbocycles. The molecule has 7 nitrogen and oxygen atoms in total. The Morgan fingerprint density at radius 2 is 1.85 bits per heavy atom. The van der Waals surface area contributed by atoms with Crippen LogP contribution in [0.4, 0.5) is 5.69 Å². The van der Waals surface area contributed by atoms with Crippen LogP contribution in [0.3, 0.4) is 0 Å². The predicted molar refractivity (Wildman–Crippen MR) is 158 cm³/mol. The molecule has 2 aromatic heterocycles. The third kappa shape index (κ3) is 5.52. The van der Waals surface area contributed by atoms with Crippen molar-refractivity contribution in [2.75, 3.05) is 19.0 Å². The van der Waals surface area contributed by atoms with Gasteiger partial charge in [0.15, 0.2) is 5.11 Å². The van der Waals surface area contributed by atoms with Crippen molar-refractivity contribution in [2.24, 2.45) is 0 Å². The number of amides is 1. The minimum Gasteiger partial charge on any atom is -0.497 e. The van der Waals surface area contributed by atoms with E-state index in [-0.39, 0.29) is 18.0 Å². The number of anilines is 1.